The fourth-order valence-corrected chi connectivity index (χ4v) is 1.72. The van der Waals surface area contributed by atoms with Gasteiger partial charge in [-0.25, -0.2) is 10.8 Å². The summed E-state index contributed by atoms with van der Waals surface area (Å²) in [6.07, 6.45) is 1.73. The average molecular weight is 264 g/mol. The van der Waals surface area contributed by atoms with E-state index in [2.05, 4.69) is 10.4 Å². The van der Waals surface area contributed by atoms with Gasteiger partial charge in [0.05, 0.1) is 13.2 Å². The van der Waals surface area contributed by atoms with Crippen LogP contribution in [-0.2, 0) is 18.0 Å². The van der Waals surface area contributed by atoms with Crippen molar-refractivity contribution in [1.82, 2.24) is 4.98 Å². The summed E-state index contributed by atoms with van der Waals surface area (Å²) in [5, 5.41) is 0.719. The monoisotopic (exact) mass is 263 g/mol. The summed E-state index contributed by atoms with van der Waals surface area (Å²) in [5.74, 6) is 5.87. The average Bonchev–Trinajstić information content (AvgIpc) is 2.40. The van der Waals surface area contributed by atoms with Gasteiger partial charge in [-0.1, -0.05) is 29.8 Å². The molecular formula is C13H14ClN3O. The minimum Gasteiger partial charge on any atom is -0.372 e. The Hall–Kier alpha value is -1.62. The number of aromatic nitrogens is 1. The zero-order valence-electron chi connectivity index (χ0n) is 9.77. The van der Waals surface area contributed by atoms with Gasteiger partial charge in [0, 0.05) is 11.2 Å². The van der Waals surface area contributed by atoms with Crippen molar-refractivity contribution in [3.63, 3.8) is 0 Å². The fourth-order valence-electron chi connectivity index (χ4n) is 1.51. The van der Waals surface area contributed by atoms with Crippen LogP contribution in [0.1, 0.15) is 11.1 Å². The molecule has 2 aromatic rings. The second-order valence-electron chi connectivity index (χ2n) is 3.82. The Morgan fingerprint density at radius 2 is 2.00 bits per heavy atom. The summed E-state index contributed by atoms with van der Waals surface area (Å²) in [6.45, 7) is 1.03. The maximum Gasteiger partial charge on any atom is 0.139 e. The van der Waals surface area contributed by atoms with Crippen LogP contribution in [0.25, 0.3) is 0 Å². The van der Waals surface area contributed by atoms with Gasteiger partial charge in [0.25, 0.3) is 0 Å². The number of nitrogens with two attached hydrogens (primary N) is 1. The van der Waals surface area contributed by atoms with E-state index in [4.69, 9.17) is 22.2 Å². The highest BCUT2D eigenvalue weighted by atomic mass is 35.5. The molecule has 1 aromatic heterocycles. The predicted octanol–water partition coefficient (Wildman–Crippen LogP) is 2.74. The lowest BCUT2D eigenvalue weighted by molar-refractivity contribution is 0.107. The van der Waals surface area contributed by atoms with Crippen LogP contribution in [0.15, 0.2) is 42.6 Å². The predicted molar refractivity (Wildman–Crippen MR) is 72.0 cm³/mol. The van der Waals surface area contributed by atoms with Crippen LogP contribution in [0.5, 0.6) is 0 Å². The van der Waals surface area contributed by atoms with E-state index in [1.54, 1.807) is 12.3 Å². The molecule has 0 aliphatic rings. The van der Waals surface area contributed by atoms with Crippen LogP contribution in [0.2, 0.25) is 5.02 Å². The van der Waals surface area contributed by atoms with Gasteiger partial charge in [-0.15, -0.1) is 0 Å². The lowest BCUT2D eigenvalue weighted by Gasteiger charge is -2.05. The van der Waals surface area contributed by atoms with Crippen molar-refractivity contribution in [2.75, 3.05) is 5.43 Å². The van der Waals surface area contributed by atoms with Gasteiger partial charge in [0.2, 0.25) is 0 Å². The van der Waals surface area contributed by atoms with E-state index in [1.165, 1.54) is 0 Å². The lowest BCUT2D eigenvalue weighted by atomic mass is 10.2. The second-order valence-corrected chi connectivity index (χ2v) is 4.26. The number of nitrogens with zero attached hydrogens (tertiary/aromatic N) is 1. The van der Waals surface area contributed by atoms with Crippen molar-refractivity contribution >= 4 is 17.4 Å². The van der Waals surface area contributed by atoms with Crippen LogP contribution >= 0.6 is 11.6 Å². The standard InChI is InChI=1S/C13H14ClN3O/c14-12-3-1-2-10(6-12)8-18-9-11-4-5-13(17-15)16-7-11/h1-7H,8-9,15H2,(H,16,17). The highest BCUT2D eigenvalue weighted by molar-refractivity contribution is 6.30. The number of halogens is 1. The molecule has 0 radical (unpaired) electrons. The third kappa shape index (κ3) is 3.70. The minimum atomic E-state index is 0.504. The van der Waals surface area contributed by atoms with E-state index in [9.17, 15) is 0 Å². The molecule has 0 unspecified atom stereocenters. The highest BCUT2D eigenvalue weighted by Crippen LogP contribution is 2.12. The Labute approximate surface area is 111 Å². The largest absolute Gasteiger partial charge is 0.372 e. The maximum atomic E-state index is 5.89. The SMILES string of the molecule is NNc1ccc(COCc2cccc(Cl)c2)cn1. The number of anilines is 1. The number of ether oxygens (including phenoxy) is 1. The normalized spacial score (nSPS) is 10.3. The maximum absolute atomic E-state index is 5.89. The number of benzene rings is 1. The smallest absolute Gasteiger partial charge is 0.139 e. The number of nitrogen functional groups attached to an aromatic ring is 1. The first kappa shape index (κ1) is 12.8. The van der Waals surface area contributed by atoms with Crippen molar-refractivity contribution in [2.45, 2.75) is 13.2 Å². The molecule has 2 rings (SSSR count). The number of hydrogen-bond donors (Lipinski definition) is 2. The summed E-state index contributed by atoms with van der Waals surface area (Å²) < 4.78 is 5.58. The second kappa shape index (κ2) is 6.35. The summed E-state index contributed by atoms with van der Waals surface area (Å²) >= 11 is 5.89. The first-order valence-corrected chi connectivity index (χ1v) is 5.89. The molecule has 0 fully saturated rings. The van der Waals surface area contributed by atoms with Crippen LogP contribution in [0.4, 0.5) is 5.82 Å². The van der Waals surface area contributed by atoms with Crippen LogP contribution in [-0.4, -0.2) is 4.98 Å². The molecule has 18 heavy (non-hydrogen) atoms. The quantitative estimate of drug-likeness (QED) is 0.643. The van der Waals surface area contributed by atoms with Gasteiger partial charge < -0.3 is 10.2 Å². The van der Waals surface area contributed by atoms with E-state index in [1.807, 2.05) is 30.3 Å². The van der Waals surface area contributed by atoms with Crippen molar-refractivity contribution in [1.29, 1.82) is 0 Å². The lowest BCUT2D eigenvalue weighted by Crippen LogP contribution is -2.08. The third-order valence-electron chi connectivity index (χ3n) is 2.40. The molecular weight excluding hydrogens is 250 g/mol. The molecule has 1 heterocycles. The molecule has 0 saturated heterocycles. The molecule has 0 aliphatic heterocycles. The Balaban J connectivity index is 1.84. The van der Waals surface area contributed by atoms with Gasteiger partial charge in [0.1, 0.15) is 5.82 Å². The van der Waals surface area contributed by atoms with Crippen molar-refractivity contribution < 1.29 is 4.74 Å². The van der Waals surface area contributed by atoms with E-state index in [-0.39, 0.29) is 0 Å². The zero-order valence-corrected chi connectivity index (χ0v) is 10.5. The molecule has 1 aromatic carbocycles. The van der Waals surface area contributed by atoms with E-state index < -0.39 is 0 Å². The molecule has 5 heteroatoms. The van der Waals surface area contributed by atoms with Crippen LogP contribution < -0.4 is 11.3 Å². The molecule has 0 atom stereocenters. The Morgan fingerprint density at radius 3 is 2.67 bits per heavy atom. The van der Waals surface area contributed by atoms with Gasteiger partial charge in [0.15, 0.2) is 0 Å². The minimum absolute atomic E-state index is 0.504. The molecule has 3 N–H and O–H groups in total. The van der Waals surface area contributed by atoms with Crippen molar-refractivity contribution in [3.05, 3.63) is 58.7 Å². The molecule has 0 amide bonds. The van der Waals surface area contributed by atoms with Crippen LogP contribution in [0, 0.1) is 0 Å². The topological polar surface area (TPSA) is 60.2 Å². The molecule has 94 valence electrons. The van der Waals surface area contributed by atoms with E-state index >= 15 is 0 Å². The third-order valence-corrected chi connectivity index (χ3v) is 2.63. The van der Waals surface area contributed by atoms with Crippen molar-refractivity contribution in [3.8, 4) is 0 Å². The number of nitrogens with one attached hydrogen (secondary N) is 1. The molecule has 0 bridgehead atoms. The van der Waals surface area contributed by atoms with Gasteiger partial charge >= 0.3 is 0 Å². The summed E-state index contributed by atoms with van der Waals surface area (Å²) in [7, 11) is 0. The zero-order chi connectivity index (χ0) is 12.8. The van der Waals surface area contributed by atoms with E-state index in [0.717, 1.165) is 16.1 Å². The highest BCUT2D eigenvalue weighted by Gasteiger charge is 1.97. The summed E-state index contributed by atoms with van der Waals surface area (Å²) in [4.78, 5) is 4.10. The Morgan fingerprint density at radius 1 is 1.17 bits per heavy atom. The van der Waals surface area contributed by atoms with Gasteiger partial charge in [-0.2, -0.15) is 0 Å². The summed E-state index contributed by atoms with van der Waals surface area (Å²) in [5.41, 5.74) is 4.52. The number of pyridine rings is 1. The Bertz CT molecular complexity index is 502. The van der Waals surface area contributed by atoms with E-state index in [0.29, 0.717) is 19.0 Å². The number of hydrazine groups is 1. The fraction of sp³-hybridized carbons (Fsp3) is 0.154. The first-order valence-electron chi connectivity index (χ1n) is 5.51. The van der Waals surface area contributed by atoms with Gasteiger partial charge in [-0.3, -0.25) is 0 Å². The summed E-state index contributed by atoms with van der Waals surface area (Å²) in [6, 6.07) is 11.3. The molecule has 0 spiro atoms. The molecule has 0 saturated carbocycles. The number of hydrogen-bond acceptors (Lipinski definition) is 4. The Kier molecular flexibility index (Phi) is 4.52. The number of rotatable bonds is 5. The van der Waals surface area contributed by atoms with Gasteiger partial charge in [-0.05, 0) is 29.3 Å². The molecule has 0 aliphatic carbocycles. The first-order chi connectivity index (χ1) is 8.78. The van der Waals surface area contributed by atoms with Crippen molar-refractivity contribution in [2.24, 2.45) is 5.84 Å². The van der Waals surface area contributed by atoms with Crippen LogP contribution in [0.3, 0.4) is 0 Å². The molecule has 4 nitrogen and oxygen atoms in total.